The van der Waals surface area contributed by atoms with Crippen LogP contribution in [0.4, 0.5) is 0 Å². The van der Waals surface area contributed by atoms with Crippen molar-refractivity contribution in [2.24, 2.45) is 0 Å². The van der Waals surface area contributed by atoms with E-state index in [2.05, 4.69) is 17.7 Å². The van der Waals surface area contributed by atoms with Crippen LogP contribution in [0.15, 0.2) is 17.1 Å². The number of hydrogen-bond acceptors (Lipinski definition) is 5. The van der Waals surface area contributed by atoms with Crippen LogP contribution in [0.3, 0.4) is 0 Å². The molecule has 2 aliphatic rings. The third-order valence-electron chi connectivity index (χ3n) is 4.23. The van der Waals surface area contributed by atoms with E-state index in [1.54, 1.807) is 0 Å². The molecule has 0 spiro atoms. The first-order chi connectivity index (χ1) is 11.6. The summed E-state index contributed by atoms with van der Waals surface area (Å²) in [5.41, 5.74) is 2.95. The maximum Gasteiger partial charge on any atom is 0.278 e. The molecule has 3 heterocycles. The Kier molecular flexibility index (Phi) is 4.73. The lowest BCUT2D eigenvalue weighted by Crippen LogP contribution is -2.64. The van der Waals surface area contributed by atoms with Crippen molar-refractivity contribution in [2.75, 3.05) is 25.1 Å². The molecular weight excluding hydrogens is 312 g/mol. The summed E-state index contributed by atoms with van der Waals surface area (Å²) in [7, 11) is 0. The Bertz CT molecular complexity index is 700. The number of nitrogens with one attached hydrogen (secondary N) is 2. The van der Waals surface area contributed by atoms with E-state index in [0.29, 0.717) is 13.2 Å². The summed E-state index contributed by atoms with van der Waals surface area (Å²) >= 11 is 0. The number of pyridine rings is 1. The highest BCUT2D eigenvalue weighted by Crippen LogP contribution is 2.22. The first-order valence-corrected chi connectivity index (χ1v) is 8.34. The lowest BCUT2D eigenvalue weighted by atomic mass is 10.2. The number of ether oxygens (including phenoxy) is 1. The fourth-order valence-electron chi connectivity index (χ4n) is 2.94. The summed E-state index contributed by atoms with van der Waals surface area (Å²) in [6.07, 6.45) is 5.27. The van der Waals surface area contributed by atoms with Gasteiger partial charge in [-0.05, 0) is 6.42 Å². The van der Waals surface area contributed by atoms with Crippen molar-refractivity contribution in [1.82, 2.24) is 14.9 Å². The van der Waals surface area contributed by atoms with Crippen molar-refractivity contribution >= 4 is 11.8 Å². The molecule has 8 nitrogen and oxygen atoms in total. The second-order valence-electron chi connectivity index (χ2n) is 6.02. The molecule has 2 N–H and O–H groups in total. The summed E-state index contributed by atoms with van der Waals surface area (Å²) in [6, 6.07) is 1.38. The van der Waals surface area contributed by atoms with Crippen molar-refractivity contribution in [2.45, 2.75) is 38.8 Å². The van der Waals surface area contributed by atoms with Crippen LogP contribution in [0.2, 0.25) is 0 Å². The van der Waals surface area contributed by atoms with Crippen LogP contribution in [-0.4, -0.2) is 47.3 Å². The minimum Gasteiger partial charge on any atom is -0.487 e. The summed E-state index contributed by atoms with van der Waals surface area (Å²) in [4.78, 5) is 37.9. The zero-order valence-corrected chi connectivity index (χ0v) is 13.7. The minimum atomic E-state index is -0.366. The molecule has 1 aromatic rings. The zero-order valence-electron chi connectivity index (χ0n) is 13.7. The van der Waals surface area contributed by atoms with Gasteiger partial charge in [0.2, 0.25) is 11.3 Å². The van der Waals surface area contributed by atoms with Gasteiger partial charge in [0.25, 0.3) is 5.91 Å². The predicted molar refractivity (Wildman–Crippen MR) is 87.5 cm³/mol. The minimum absolute atomic E-state index is 0.0322. The Morgan fingerprint density at radius 3 is 2.88 bits per heavy atom. The standard InChI is InChI=1S/C16H22N4O4/c1-2-3-4-5-8-24-15-11(21)6-7-20-14(15)16(23)19-10-13(22)17-9-12(19)18-20/h6-7,12,18H,2-5,8-10H2,1H3,(H,17,22)/t12-/m0/s1. The first kappa shape index (κ1) is 16.4. The number of fused-ring (bicyclic) bond motifs is 2. The van der Waals surface area contributed by atoms with E-state index in [1.165, 1.54) is 21.8 Å². The molecule has 1 fully saturated rings. The zero-order chi connectivity index (χ0) is 17.1. The van der Waals surface area contributed by atoms with Crippen LogP contribution in [0.5, 0.6) is 5.75 Å². The van der Waals surface area contributed by atoms with Crippen LogP contribution in [0.1, 0.15) is 43.1 Å². The molecule has 0 unspecified atom stereocenters. The van der Waals surface area contributed by atoms with Crippen LogP contribution >= 0.6 is 0 Å². The lowest BCUT2D eigenvalue weighted by Gasteiger charge is -2.41. The molecule has 24 heavy (non-hydrogen) atoms. The predicted octanol–water partition coefficient (Wildman–Crippen LogP) is 0.263. The number of nitrogens with zero attached hydrogens (tertiary/aromatic N) is 2. The number of unbranched alkanes of at least 4 members (excludes halogenated alkanes) is 3. The van der Waals surface area contributed by atoms with Crippen LogP contribution in [0.25, 0.3) is 0 Å². The molecule has 130 valence electrons. The van der Waals surface area contributed by atoms with E-state index < -0.39 is 0 Å². The number of aromatic nitrogens is 1. The van der Waals surface area contributed by atoms with E-state index in [4.69, 9.17) is 4.74 Å². The van der Waals surface area contributed by atoms with Gasteiger partial charge in [0.05, 0.1) is 13.2 Å². The molecule has 2 amide bonds. The summed E-state index contributed by atoms with van der Waals surface area (Å²) in [5, 5.41) is 2.71. The average Bonchev–Trinajstić information content (AvgIpc) is 2.57. The molecule has 1 saturated heterocycles. The van der Waals surface area contributed by atoms with Crippen molar-refractivity contribution in [1.29, 1.82) is 0 Å². The smallest absolute Gasteiger partial charge is 0.278 e. The van der Waals surface area contributed by atoms with Gasteiger partial charge in [-0.25, -0.2) is 0 Å². The molecule has 1 aromatic heterocycles. The van der Waals surface area contributed by atoms with Crippen LogP contribution < -0.4 is 20.9 Å². The Morgan fingerprint density at radius 1 is 1.25 bits per heavy atom. The van der Waals surface area contributed by atoms with Crippen molar-refractivity contribution in [3.05, 3.63) is 28.2 Å². The molecule has 0 saturated carbocycles. The highest BCUT2D eigenvalue weighted by atomic mass is 16.5. The van der Waals surface area contributed by atoms with Gasteiger partial charge < -0.3 is 20.4 Å². The molecule has 0 aromatic carbocycles. The SMILES string of the molecule is CCCCCCOc1c2n(ccc1=O)N[C@@H]1CNC(=O)CN1C2=O. The van der Waals surface area contributed by atoms with Gasteiger partial charge in [-0.15, -0.1) is 0 Å². The maximum atomic E-state index is 12.8. The van der Waals surface area contributed by atoms with Crippen LogP contribution in [0, 0.1) is 0 Å². The molecule has 2 aliphatic heterocycles. The fraction of sp³-hybridized carbons (Fsp3) is 0.562. The van der Waals surface area contributed by atoms with Gasteiger partial charge in [0.1, 0.15) is 12.7 Å². The van der Waals surface area contributed by atoms with Crippen LogP contribution in [-0.2, 0) is 4.79 Å². The topological polar surface area (TPSA) is 92.7 Å². The van der Waals surface area contributed by atoms with Gasteiger partial charge in [0.15, 0.2) is 11.4 Å². The average molecular weight is 334 g/mol. The first-order valence-electron chi connectivity index (χ1n) is 8.34. The number of rotatable bonds is 6. The summed E-state index contributed by atoms with van der Waals surface area (Å²) in [6.45, 7) is 2.80. The molecule has 0 radical (unpaired) electrons. The number of carbonyl (C=O) groups is 2. The highest BCUT2D eigenvalue weighted by molar-refractivity contribution is 5.99. The molecule has 3 rings (SSSR count). The monoisotopic (exact) mass is 334 g/mol. The molecular formula is C16H22N4O4. The maximum absolute atomic E-state index is 12.8. The van der Waals surface area contributed by atoms with E-state index in [9.17, 15) is 14.4 Å². The Morgan fingerprint density at radius 2 is 2.08 bits per heavy atom. The van der Waals surface area contributed by atoms with E-state index in [1.807, 2.05) is 0 Å². The normalized spacial score (nSPS) is 19.2. The van der Waals surface area contributed by atoms with Gasteiger partial charge in [-0.2, -0.15) is 0 Å². The second-order valence-corrected chi connectivity index (χ2v) is 6.02. The number of amides is 2. The largest absolute Gasteiger partial charge is 0.487 e. The van der Waals surface area contributed by atoms with Gasteiger partial charge in [-0.3, -0.25) is 19.1 Å². The van der Waals surface area contributed by atoms with E-state index in [0.717, 1.165) is 25.7 Å². The fourth-order valence-corrected chi connectivity index (χ4v) is 2.94. The highest BCUT2D eigenvalue weighted by Gasteiger charge is 2.38. The summed E-state index contributed by atoms with van der Waals surface area (Å²) in [5.74, 6) is -0.527. The molecule has 0 bridgehead atoms. The molecule has 0 aliphatic carbocycles. The second kappa shape index (κ2) is 6.94. The van der Waals surface area contributed by atoms with Gasteiger partial charge >= 0.3 is 0 Å². The third kappa shape index (κ3) is 3.08. The summed E-state index contributed by atoms with van der Waals surface area (Å²) < 4.78 is 7.15. The Hall–Kier alpha value is -2.51. The van der Waals surface area contributed by atoms with Crippen molar-refractivity contribution in [3.8, 4) is 5.75 Å². The Labute approximate surface area is 139 Å². The molecule has 1 atom stereocenters. The Balaban J connectivity index is 1.83. The van der Waals surface area contributed by atoms with Crippen molar-refractivity contribution in [3.63, 3.8) is 0 Å². The van der Waals surface area contributed by atoms with E-state index >= 15 is 0 Å². The number of carbonyl (C=O) groups excluding carboxylic acids is 2. The number of piperazine rings is 1. The number of hydrogen-bond donors (Lipinski definition) is 2. The van der Waals surface area contributed by atoms with E-state index in [-0.39, 0.29) is 41.4 Å². The van der Waals surface area contributed by atoms with Gasteiger partial charge in [0, 0.05) is 12.3 Å². The molecule has 8 heteroatoms. The quantitative estimate of drug-likeness (QED) is 0.728. The van der Waals surface area contributed by atoms with Gasteiger partial charge in [-0.1, -0.05) is 26.2 Å². The third-order valence-corrected chi connectivity index (χ3v) is 4.23. The lowest BCUT2D eigenvalue weighted by molar-refractivity contribution is -0.124. The van der Waals surface area contributed by atoms with Crippen molar-refractivity contribution < 1.29 is 14.3 Å².